The first-order valence-corrected chi connectivity index (χ1v) is 7.74. The first-order valence-electron chi connectivity index (χ1n) is 7.74. The molecule has 1 unspecified atom stereocenters. The standard InChI is InChI=1S/C17H26N2O/c1-19(12-14-4-3-5-16(10-14)20-2)13-15-11-17(15)6-8-18-9-7-17/h3-5,10,15,18H,6-9,11-13H2,1-2H3. The Morgan fingerprint density at radius 1 is 1.35 bits per heavy atom. The highest BCUT2D eigenvalue weighted by Crippen LogP contribution is 2.58. The molecule has 1 heterocycles. The number of hydrogen-bond acceptors (Lipinski definition) is 3. The molecule has 0 aromatic heterocycles. The van der Waals surface area contributed by atoms with Crippen LogP contribution in [0, 0.1) is 11.3 Å². The van der Waals surface area contributed by atoms with Crippen LogP contribution in [0.3, 0.4) is 0 Å². The number of ether oxygens (including phenoxy) is 1. The fraction of sp³-hybridized carbons (Fsp3) is 0.647. The van der Waals surface area contributed by atoms with E-state index in [2.05, 4.69) is 35.5 Å². The number of piperidine rings is 1. The predicted octanol–water partition coefficient (Wildman–Crippen LogP) is 2.52. The first-order chi connectivity index (χ1) is 9.72. The molecular formula is C17H26N2O. The van der Waals surface area contributed by atoms with Crippen molar-refractivity contribution in [1.29, 1.82) is 0 Å². The van der Waals surface area contributed by atoms with Crippen LogP contribution in [-0.4, -0.2) is 38.7 Å². The van der Waals surface area contributed by atoms with Crippen molar-refractivity contribution in [3.63, 3.8) is 0 Å². The number of rotatable bonds is 5. The van der Waals surface area contributed by atoms with Crippen molar-refractivity contribution in [2.75, 3.05) is 33.8 Å². The molecule has 1 saturated heterocycles. The number of methoxy groups -OCH3 is 1. The molecule has 1 aromatic rings. The Morgan fingerprint density at radius 3 is 2.90 bits per heavy atom. The Labute approximate surface area is 122 Å². The Kier molecular flexibility index (Phi) is 3.99. The van der Waals surface area contributed by atoms with E-state index < -0.39 is 0 Å². The van der Waals surface area contributed by atoms with E-state index in [1.807, 2.05) is 6.07 Å². The molecule has 3 heteroatoms. The van der Waals surface area contributed by atoms with E-state index in [-0.39, 0.29) is 0 Å². The molecule has 3 nitrogen and oxygen atoms in total. The molecule has 1 atom stereocenters. The van der Waals surface area contributed by atoms with Crippen LogP contribution in [0.15, 0.2) is 24.3 Å². The van der Waals surface area contributed by atoms with E-state index >= 15 is 0 Å². The third kappa shape index (κ3) is 2.99. The van der Waals surface area contributed by atoms with Gasteiger partial charge in [-0.15, -0.1) is 0 Å². The molecular weight excluding hydrogens is 248 g/mol. The van der Waals surface area contributed by atoms with E-state index in [1.54, 1.807) is 7.11 Å². The van der Waals surface area contributed by atoms with Crippen LogP contribution in [0.5, 0.6) is 5.75 Å². The predicted molar refractivity (Wildman–Crippen MR) is 82.0 cm³/mol. The summed E-state index contributed by atoms with van der Waals surface area (Å²) in [6, 6.07) is 8.41. The van der Waals surface area contributed by atoms with Gasteiger partial charge in [-0.2, -0.15) is 0 Å². The Bertz CT molecular complexity index is 454. The van der Waals surface area contributed by atoms with E-state index in [0.717, 1.165) is 18.2 Å². The van der Waals surface area contributed by atoms with E-state index in [4.69, 9.17) is 4.74 Å². The van der Waals surface area contributed by atoms with Crippen LogP contribution >= 0.6 is 0 Å². The van der Waals surface area contributed by atoms with Crippen LogP contribution in [0.2, 0.25) is 0 Å². The highest BCUT2D eigenvalue weighted by atomic mass is 16.5. The summed E-state index contributed by atoms with van der Waals surface area (Å²) in [5, 5.41) is 3.48. The number of benzene rings is 1. The molecule has 1 spiro atoms. The van der Waals surface area contributed by atoms with Crippen molar-refractivity contribution in [1.82, 2.24) is 10.2 Å². The molecule has 1 N–H and O–H groups in total. The summed E-state index contributed by atoms with van der Waals surface area (Å²) in [5.74, 6) is 1.87. The van der Waals surface area contributed by atoms with Crippen molar-refractivity contribution in [2.24, 2.45) is 11.3 Å². The van der Waals surface area contributed by atoms with Gasteiger partial charge in [-0.25, -0.2) is 0 Å². The molecule has 1 aromatic carbocycles. The SMILES string of the molecule is COc1cccc(CN(C)CC2CC23CCNCC3)c1. The second kappa shape index (κ2) is 5.74. The number of nitrogens with one attached hydrogen (secondary N) is 1. The Hall–Kier alpha value is -1.06. The van der Waals surface area contributed by atoms with Crippen LogP contribution < -0.4 is 10.1 Å². The van der Waals surface area contributed by atoms with Gasteiger partial charge in [0.05, 0.1) is 7.11 Å². The summed E-state index contributed by atoms with van der Waals surface area (Å²) in [7, 11) is 3.97. The highest BCUT2D eigenvalue weighted by molar-refractivity contribution is 5.28. The minimum absolute atomic E-state index is 0.688. The maximum Gasteiger partial charge on any atom is 0.119 e. The molecule has 1 aliphatic carbocycles. The van der Waals surface area contributed by atoms with Crippen LogP contribution in [-0.2, 0) is 6.54 Å². The molecule has 1 aliphatic heterocycles. The van der Waals surface area contributed by atoms with Crippen molar-refractivity contribution >= 4 is 0 Å². The van der Waals surface area contributed by atoms with Gasteiger partial charge in [-0.3, -0.25) is 0 Å². The maximum absolute atomic E-state index is 5.29. The molecule has 0 bridgehead atoms. The van der Waals surface area contributed by atoms with Crippen molar-refractivity contribution in [3.05, 3.63) is 29.8 Å². The summed E-state index contributed by atoms with van der Waals surface area (Å²) in [4.78, 5) is 2.47. The second-order valence-electron chi connectivity index (χ2n) is 6.56. The van der Waals surface area contributed by atoms with Gasteiger partial charge in [0.25, 0.3) is 0 Å². The van der Waals surface area contributed by atoms with Crippen LogP contribution in [0.1, 0.15) is 24.8 Å². The van der Waals surface area contributed by atoms with E-state index in [0.29, 0.717) is 5.41 Å². The van der Waals surface area contributed by atoms with Crippen LogP contribution in [0.4, 0.5) is 0 Å². The van der Waals surface area contributed by atoms with Gasteiger partial charge < -0.3 is 15.0 Å². The van der Waals surface area contributed by atoms with Crippen LogP contribution in [0.25, 0.3) is 0 Å². The average molecular weight is 274 g/mol. The Balaban J connectivity index is 1.51. The lowest BCUT2D eigenvalue weighted by molar-refractivity contribution is 0.257. The van der Waals surface area contributed by atoms with Crippen molar-refractivity contribution < 1.29 is 4.74 Å². The molecule has 2 aliphatic rings. The zero-order valence-corrected chi connectivity index (χ0v) is 12.7. The lowest BCUT2D eigenvalue weighted by atomic mass is 9.92. The zero-order valence-electron chi connectivity index (χ0n) is 12.7. The second-order valence-corrected chi connectivity index (χ2v) is 6.56. The first kappa shape index (κ1) is 13.9. The number of hydrogen-bond donors (Lipinski definition) is 1. The molecule has 0 radical (unpaired) electrons. The third-order valence-electron chi connectivity index (χ3n) is 5.08. The zero-order chi connectivity index (χ0) is 14.0. The largest absolute Gasteiger partial charge is 0.497 e. The fourth-order valence-corrected chi connectivity index (χ4v) is 3.75. The molecule has 3 rings (SSSR count). The molecule has 20 heavy (non-hydrogen) atoms. The normalized spacial score (nSPS) is 24.1. The van der Waals surface area contributed by atoms with Gasteiger partial charge in [0.15, 0.2) is 0 Å². The average Bonchev–Trinajstić information content (AvgIpc) is 3.10. The van der Waals surface area contributed by atoms with E-state index in [1.165, 1.54) is 44.5 Å². The van der Waals surface area contributed by atoms with Gasteiger partial charge >= 0.3 is 0 Å². The van der Waals surface area contributed by atoms with Crippen molar-refractivity contribution in [2.45, 2.75) is 25.8 Å². The van der Waals surface area contributed by atoms with Gasteiger partial charge in [0.1, 0.15) is 5.75 Å². The summed E-state index contributed by atoms with van der Waals surface area (Å²) in [6.45, 7) is 4.69. The van der Waals surface area contributed by atoms with Gasteiger partial charge in [0.2, 0.25) is 0 Å². The Morgan fingerprint density at radius 2 is 2.15 bits per heavy atom. The molecule has 0 amide bonds. The van der Waals surface area contributed by atoms with Gasteiger partial charge in [-0.05, 0) is 68.4 Å². The van der Waals surface area contributed by atoms with Gasteiger partial charge in [0, 0.05) is 13.1 Å². The van der Waals surface area contributed by atoms with Crippen molar-refractivity contribution in [3.8, 4) is 5.75 Å². The van der Waals surface area contributed by atoms with E-state index in [9.17, 15) is 0 Å². The highest BCUT2D eigenvalue weighted by Gasteiger charge is 2.53. The number of nitrogens with zero attached hydrogens (tertiary/aromatic N) is 1. The molecule has 1 saturated carbocycles. The minimum atomic E-state index is 0.688. The smallest absolute Gasteiger partial charge is 0.119 e. The lowest BCUT2D eigenvalue weighted by Crippen LogP contribution is -2.31. The summed E-state index contributed by atoms with van der Waals surface area (Å²) >= 11 is 0. The monoisotopic (exact) mass is 274 g/mol. The maximum atomic E-state index is 5.29. The quantitative estimate of drug-likeness (QED) is 0.893. The molecule has 2 fully saturated rings. The summed E-state index contributed by atoms with van der Waals surface area (Å²) < 4.78 is 5.29. The minimum Gasteiger partial charge on any atom is -0.497 e. The fourth-order valence-electron chi connectivity index (χ4n) is 3.75. The topological polar surface area (TPSA) is 24.5 Å². The van der Waals surface area contributed by atoms with Gasteiger partial charge in [-0.1, -0.05) is 12.1 Å². The summed E-state index contributed by atoms with van der Waals surface area (Å²) in [5.41, 5.74) is 2.03. The molecule has 110 valence electrons. The third-order valence-corrected chi connectivity index (χ3v) is 5.08. The summed E-state index contributed by atoms with van der Waals surface area (Å²) in [6.07, 6.45) is 4.20. The lowest BCUT2D eigenvalue weighted by Gasteiger charge is -2.25.